The molecule has 0 aromatic heterocycles. The van der Waals surface area contributed by atoms with Crippen LogP contribution in [0.3, 0.4) is 0 Å². The minimum absolute atomic E-state index is 0.0426. The van der Waals surface area contributed by atoms with E-state index >= 15 is 0 Å². The van der Waals surface area contributed by atoms with Gasteiger partial charge in [-0.2, -0.15) is 11.8 Å². The van der Waals surface area contributed by atoms with Gasteiger partial charge in [-0.25, -0.2) is 4.79 Å². The second-order valence-electron chi connectivity index (χ2n) is 7.57. The van der Waals surface area contributed by atoms with Crippen LogP contribution in [0.4, 0.5) is 16.2 Å². The van der Waals surface area contributed by atoms with Crippen molar-refractivity contribution in [3.05, 3.63) is 24.3 Å². The topological polar surface area (TPSA) is 82.7 Å². The number of nitrogens with zero attached hydrogens (tertiary/aromatic N) is 1. The van der Waals surface area contributed by atoms with Gasteiger partial charge in [0, 0.05) is 41.9 Å². The van der Waals surface area contributed by atoms with Gasteiger partial charge in [0.15, 0.2) is 0 Å². The van der Waals surface area contributed by atoms with Crippen molar-refractivity contribution in [1.82, 2.24) is 10.6 Å². The van der Waals surface area contributed by atoms with E-state index in [0.717, 1.165) is 62.7 Å². The first kappa shape index (κ1) is 19.4. The summed E-state index contributed by atoms with van der Waals surface area (Å²) in [5.74, 6) is 1.04. The zero-order valence-electron chi connectivity index (χ0n) is 16.0. The summed E-state index contributed by atoms with van der Waals surface area (Å²) in [6.45, 7) is 3.26. The van der Waals surface area contributed by atoms with Gasteiger partial charge in [-0.15, -0.1) is 0 Å². The van der Waals surface area contributed by atoms with E-state index in [1.54, 1.807) is 0 Å². The standard InChI is InChI=1S/C20H28N4O3S/c25-18(7-2-1-6-17-19-16(13-28-17)22-20(26)23-19)21-14-4-3-5-15(12-14)24-8-10-27-11-9-24/h3-5,12,16-17,19H,1-2,6-11,13H2,(H,21,25)(H2,22,23,26)/t16-,17-,19-/m0/s1. The number of anilines is 2. The Bertz CT molecular complexity index is 710. The molecular formula is C20H28N4O3S. The Balaban J connectivity index is 1.18. The highest BCUT2D eigenvalue weighted by molar-refractivity contribution is 8.00. The Morgan fingerprint density at radius 2 is 2.11 bits per heavy atom. The molecule has 0 saturated carbocycles. The number of amides is 3. The molecule has 3 N–H and O–H groups in total. The maximum atomic E-state index is 12.3. The molecule has 4 rings (SSSR count). The number of rotatable bonds is 7. The number of benzene rings is 1. The largest absolute Gasteiger partial charge is 0.378 e. The monoisotopic (exact) mass is 404 g/mol. The normalized spacial score (nSPS) is 26.5. The third-order valence-electron chi connectivity index (χ3n) is 5.59. The molecule has 0 radical (unpaired) electrons. The molecule has 0 bridgehead atoms. The molecule has 0 spiro atoms. The fraction of sp³-hybridized carbons (Fsp3) is 0.600. The lowest BCUT2D eigenvalue weighted by molar-refractivity contribution is -0.116. The van der Waals surface area contributed by atoms with Crippen LogP contribution < -0.4 is 20.9 Å². The van der Waals surface area contributed by atoms with Gasteiger partial charge in [0.1, 0.15) is 0 Å². The zero-order chi connectivity index (χ0) is 19.3. The molecule has 0 unspecified atom stereocenters. The van der Waals surface area contributed by atoms with Gasteiger partial charge in [0.25, 0.3) is 0 Å². The Kier molecular flexibility index (Phi) is 6.26. The van der Waals surface area contributed by atoms with Crippen molar-refractivity contribution in [3.8, 4) is 0 Å². The van der Waals surface area contributed by atoms with Crippen LogP contribution in [0.5, 0.6) is 0 Å². The number of urea groups is 1. The zero-order valence-corrected chi connectivity index (χ0v) is 16.8. The maximum Gasteiger partial charge on any atom is 0.315 e. The molecule has 1 aromatic carbocycles. The van der Waals surface area contributed by atoms with E-state index in [9.17, 15) is 9.59 Å². The number of unbranched alkanes of at least 4 members (excludes halogenated alkanes) is 1. The summed E-state index contributed by atoms with van der Waals surface area (Å²) >= 11 is 1.92. The number of nitrogens with one attached hydrogen (secondary N) is 3. The Hall–Kier alpha value is -1.93. The van der Waals surface area contributed by atoms with Crippen molar-refractivity contribution in [2.24, 2.45) is 0 Å². The molecule has 8 heteroatoms. The summed E-state index contributed by atoms with van der Waals surface area (Å²) in [5.41, 5.74) is 1.98. The van der Waals surface area contributed by atoms with Gasteiger partial charge >= 0.3 is 6.03 Å². The van der Waals surface area contributed by atoms with Gasteiger partial charge in [-0.3, -0.25) is 4.79 Å². The molecule has 7 nitrogen and oxygen atoms in total. The van der Waals surface area contributed by atoms with E-state index in [-0.39, 0.29) is 24.0 Å². The molecule has 28 heavy (non-hydrogen) atoms. The predicted octanol–water partition coefficient (Wildman–Crippen LogP) is 2.19. The quantitative estimate of drug-likeness (QED) is 0.479. The molecule has 1 aromatic rings. The van der Waals surface area contributed by atoms with Crippen molar-refractivity contribution in [1.29, 1.82) is 0 Å². The number of hydrogen-bond donors (Lipinski definition) is 3. The van der Waals surface area contributed by atoms with Crippen molar-refractivity contribution < 1.29 is 14.3 Å². The summed E-state index contributed by atoms with van der Waals surface area (Å²) in [6.07, 6.45) is 3.42. The van der Waals surface area contributed by atoms with Gasteiger partial charge < -0.3 is 25.6 Å². The highest BCUT2D eigenvalue weighted by Gasteiger charge is 2.42. The smallest absolute Gasteiger partial charge is 0.315 e. The molecule has 3 saturated heterocycles. The summed E-state index contributed by atoms with van der Waals surface area (Å²) in [7, 11) is 0. The first-order valence-corrected chi connectivity index (χ1v) is 11.2. The first-order valence-electron chi connectivity index (χ1n) is 10.1. The molecule has 3 amide bonds. The van der Waals surface area contributed by atoms with Crippen LogP contribution in [0.15, 0.2) is 24.3 Å². The fourth-order valence-corrected chi connectivity index (χ4v) is 5.64. The molecule has 3 aliphatic heterocycles. The summed E-state index contributed by atoms with van der Waals surface area (Å²) < 4.78 is 5.40. The number of fused-ring (bicyclic) bond motifs is 1. The second kappa shape index (κ2) is 9.05. The van der Waals surface area contributed by atoms with Gasteiger partial charge in [-0.05, 0) is 31.0 Å². The Morgan fingerprint density at radius 3 is 2.96 bits per heavy atom. The summed E-state index contributed by atoms with van der Waals surface area (Å²) in [4.78, 5) is 26.0. The lowest BCUT2D eigenvalue weighted by Crippen LogP contribution is -2.36. The molecule has 0 aliphatic carbocycles. The van der Waals surface area contributed by atoms with Crippen molar-refractivity contribution in [2.45, 2.75) is 43.0 Å². The van der Waals surface area contributed by atoms with E-state index in [1.807, 2.05) is 30.0 Å². The SMILES string of the molecule is O=C(CCCC[C@@H]1SC[C@@H]2NC(=O)N[C@@H]21)Nc1cccc(N2CCOCC2)c1. The Morgan fingerprint density at radius 1 is 1.25 bits per heavy atom. The molecular weight excluding hydrogens is 376 g/mol. The van der Waals surface area contributed by atoms with Gasteiger partial charge in [0.2, 0.25) is 5.91 Å². The predicted molar refractivity (Wildman–Crippen MR) is 112 cm³/mol. The third-order valence-corrected chi connectivity index (χ3v) is 7.10. The number of carbonyl (C=O) groups is 2. The van der Waals surface area contributed by atoms with Crippen molar-refractivity contribution >= 4 is 35.1 Å². The molecule has 152 valence electrons. The number of thioether (sulfide) groups is 1. The minimum atomic E-state index is -0.0426. The van der Waals surface area contributed by atoms with Crippen LogP contribution in [0.25, 0.3) is 0 Å². The van der Waals surface area contributed by atoms with Crippen LogP contribution in [-0.2, 0) is 9.53 Å². The van der Waals surface area contributed by atoms with Crippen LogP contribution in [0.1, 0.15) is 25.7 Å². The number of carbonyl (C=O) groups excluding carboxylic acids is 2. The van der Waals surface area contributed by atoms with E-state index < -0.39 is 0 Å². The summed E-state index contributed by atoms with van der Waals surface area (Å²) in [6, 6.07) is 8.50. The molecule has 3 atom stereocenters. The number of ether oxygens (including phenoxy) is 1. The number of morpholine rings is 1. The highest BCUT2D eigenvalue weighted by Crippen LogP contribution is 2.33. The lowest BCUT2D eigenvalue weighted by atomic mass is 10.0. The first-order chi connectivity index (χ1) is 13.7. The third kappa shape index (κ3) is 4.72. The van der Waals surface area contributed by atoms with Gasteiger partial charge in [0.05, 0.1) is 25.3 Å². The van der Waals surface area contributed by atoms with Crippen LogP contribution >= 0.6 is 11.8 Å². The maximum absolute atomic E-state index is 12.3. The van der Waals surface area contributed by atoms with E-state index in [1.165, 1.54) is 0 Å². The van der Waals surface area contributed by atoms with Crippen molar-refractivity contribution in [3.63, 3.8) is 0 Å². The van der Waals surface area contributed by atoms with Crippen LogP contribution in [0.2, 0.25) is 0 Å². The Labute approximate surface area is 169 Å². The average Bonchev–Trinajstić information content (AvgIpc) is 3.25. The van der Waals surface area contributed by atoms with Crippen LogP contribution in [-0.4, -0.2) is 61.3 Å². The van der Waals surface area contributed by atoms with Gasteiger partial charge in [-0.1, -0.05) is 12.5 Å². The lowest BCUT2D eigenvalue weighted by Gasteiger charge is -2.29. The van der Waals surface area contributed by atoms with Crippen LogP contribution in [0, 0.1) is 0 Å². The molecule has 3 heterocycles. The van der Waals surface area contributed by atoms with E-state index in [0.29, 0.717) is 11.7 Å². The second-order valence-corrected chi connectivity index (χ2v) is 8.84. The number of hydrogen-bond acceptors (Lipinski definition) is 5. The summed E-state index contributed by atoms with van der Waals surface area (Å²) in [5, 5.41) is 9.46. The molecule has 3 fully saturated rings. The minimum Gasteiger partial charge on any atom is -0.378 e. The van der Waals surface area contributed by atoms with E-state index in [2.05, 4.69) is 26.9 Å². The fourth-order valence-electron chi connectivity index (χ4n) is 4.10. The van der Waals surface area contributed by atoms with Crippen molar-refractivity contribution in [2.75, 3.05) is 42.3 Å². The highest BCUT2D eigenvalue weighted by atomic mass is 32.2. The average molecular weight is 405 g/mol. The molecule has 3 aliphatic rings. The van der Waals surface area contributed by atoms with E-state index in [4.69, 9.17) is 4.74 Å².